The van der Waals surface area contributed by atoms with E-state index in [4.69, 9.17) is 0 Å². The lowest BCUT2D eigenvalue weighted by Gasteiger charge is -2.04. The summed E-state index contributed by atoms with van der Waals surface area (Å²) in [7, 11) is 0. The number of hydrogen-bond donors (Lipinski definition) is 1. The largest absolute Gasteiger partial charge is 0.356 e. The average Bonchev–Trinajstić information content (AvgIpc) is 2.77. The molecule has 0 fully saturated rings. The summed E-state index contributed by atoms with van der Waals surface area (Å²) in [5, 5.41) is 17.5. The Kier molecular flexibility index (Phi) is 6.69. The monoisotopic (exact) mass is 282 g/mol. The van der Waals surface area contributed by atoms with Crippen molar-refractivity contribution in [3.05, 3.63) is 22.0 Å². The second kappa shape index (κ2) is 8.29. The van der Waals surface area contributed by atoms with E-state index < -0.39 is 4.92 Å². The number of nitrogens with one attached hydrogen (secondary N) is 1. The van der Waals surface area contributed by atoms with Crippen LogP contribution in [0.25, 0.3) is 0 Å². The van der Waals surface area contributed by atoms with Crippen LogP contribution in [0, 0.1) is 17.0 Å². The van der Waals surface area contributed by atoms with Crippen LogP contribution in [0.1, 0.15) is 44.7 Å². The Morgan fingerprint density at radius 2 is 2.20 bits per heavy atom. The van der Waals surface area contributed by atoms with Crippen molar-refractivity contribution in [2.75, 3.05) is 6.54 Å². The van der Waals surface area contributed by atoms with Crippen LogP contribution in [-0.2, 0) is 11.3 Å². The predicted octanol–water partition coefficient (Wildman–Crippen LogP) is 2.19. The molecule has 20 heavy (non-hydrogen) atoms. The molecule has 7 nitrogen and oxygen atoms in total. The maximum Gasteiger partial charge on any atom is 0.309 e. The third-order valence-corrected chi connectivity index (χ3v) is 3.04. The van der Waals surface area contributed by atoms with Crippen LogP contribution >= 0.6 is 0 Å². The number of nitro groups is 1. The second-order valence-corrected chi connectivity index (χ2v) is 4.78. The number of carbonyl (C=O) groups is 1. The van der Waals surface area contributed by atoms with E-state index in [0.29, 0.717) is 18.8 Å². The SMILES string of the molecule is CCCCCCNC(=O)CCn1cc([N+](=O)[O-])c(C)n1. The first-order valence-electron chi connectivity index (χ1n) is 6.99. The number of nitrogens with zero attached hydrogens (tertiary/aromatic N) is 3. The van der Waals surface area contributed by atoms with Crippen LogP contribution in [0.15, 0.2) is 6.20 Å². The van der Waals surface area contributed by atoms with Gasteiger partial charge in [0.1, 0.15) is 11.9 Å². The first-order chi connectivity index (χ1) is 9.54. The van der Waals surface area contributed by atoms with Gasteiger partial charge in [0.2, 0.25) is 5.91 Å². The van der Waals surface area contributed by atoms with Crippen molar-refractivity contribution < 1.29 is 9.72 Å². The number of rotatable bonds is 9. The van der Waals surface area contributed by atoms with E-state index in [2.05, 4.69) is 17.3 Å². The molecule has 0 saturated carbocycles. The molecule has 0 atom stereocenters. The van der Waals surface area contributed by atoms with Crippen LogP contribution in [0.5, 0.6) is 0 Å². The second-order valence-electron chi connectivity index (χ2n) is 4.78. The van der Waals surface area contributed by atoms with Crippen LogP contribution in [0.2, 0.25) is 0 Å². The molecule has 0 aliphatic heterocycles. The highest BCUT2D eigenvalue weighted by Crippen LogP contribution is 2.14. The fourth-order valence-corrected chi connectivity index (χ4v) is 1.89. The summed E-state index contributed by atoms with van der Waals surface area (Å²) in [6.07, 6.45) is 6.13. The zero-order valence-electron chi connectivity index (χ0n) is 12.1. The van der Waals surface area contributed by atoms with Gasteiger partial charge in [-0.2, -0.15) is 5.10 Å². The van der Waals surface area contributed by atoms with Crippen molar-refractivity contribution in [2.45, 2.75) is 52.5 Å². The standard InChI is InChI=1S/C13H22N4O3/c1-3-4-5-6-8-14-13(18)7-9-16-10-12(17(19)20)11(2)15-16/h10H,3-9H2,1-2H3,(H,14,18). The van der Waals surface area contributed by atoms with Crippen molar-refractivity contribution in [3.8, 4) is 0 Å². The Morgan fingerprint density at radius 1 is 1.45 bits per heavy atom. The van der Waals surface area contributed by atoms with E-state index in [1.54, 1.807) is 6.92 Å². The van der Waals surface area contributed by atoms with Gasteiger partial charge in [-0.3, -0.25) is 19.6 Å². The Morgan fingerprint density at radius 3 is 2.80 bits per heavy atom. The minimum atomic E-state index is -0.466. The average molecular weight is 282 g/mol. The molecule has 0 spiro atoms. The lowest BCUT2D eigenvalue weighted by atomic mass is 10.2. The minimum Gasteiger partial charge on any atom is -0.356 e. The Labute approximate surface area is 118 Å². The van der Waals surface area contributed by atoms with Crippen molar-refractivity contribution in [1.29, 1.82) is 0 Å². The van der Waals surface area contributed by atoms with Crippen LogP contribution in [0.4, 0.5) is 5.69 Å². The summed E-state index contributed by atoms with van der Waals surface area (Å²) in [5.74, 6) is -0.0442. The van der Waals surface area contributed by atoms with Gasteiger partial charge in [-0.15, -0.1) is 0 Å². The van der Waals surface area contributed by atoms with Gasteiger partial charge in [0.25, 0.3) is 0 Å². The maximum absolute atomic E-state index is 11.6. The normalized spacial score (nSPS) is 10.5. The van der Waals surface area contributed by atoms with E-state index in [1.807, 2.05) is 0 Å². The fourth-order valence-electron chi connectivity index (χ4n) is 1.89. The molecule has 0 aromatic carbocycles. The fraction of sp³-hybridized carbons (Fsp3) is 0.692. The summed E-state index contributed by atoms with van der Waals surface area (Å²) >= 11 is 0. The Bertz CT molecular complexity index is 456. The van der Waals surface area contributed by atoms with Gasteiger partial charge in [0, 0.05) is 19.5 Å². The van der Waals surface area contributed by atoms with Gasteiger partial charge in [0.15, 0.2) is 0 Å². The van der Waals surface area contributed by atoms with Crippen LogP contribution in [-0.4, -0.2) is 27.2 Å². The van der Waals surface area contributed by atoms with E-state index >= 15 is 0 Å². The number of amides is 1. The van der Waals surface area contributed by atoms with Crippen LogP contribution in [0.3, 0.4) is 0 Å². The zero-order chi connectivity index (χ0) is 15.0. The van der Waals surface area contributed by atoms with Crippen molar-refractivity contribution in [2.24, 2.45) is 0 Å². The van der Waals surface area contributed by atoms with Crippen molar-refractivity contribution in [3.63, 3.8) is 0 Å². The molecular formula is C13H22N4O3. The minimum absolute atomic E-state index is 0.00928. The van der Waals surface area contributed by atoms with Gasteiger partial charge in [-0.25, -0.2) is 0 Å². The van der Waals surface area contributed by atoms with Gasteiger partial charge in [0.05, 0.1) is 4.92 Å². The highest BCUT2D eigenvalue weighted by atomic mass is 16.6. The molecule has 0 saturated heterocycles. The third kappa shape index (κ3) is 5.38. The molecular weight excluding hydrogens is 260 g/mol. The highest BCUT2D eigenvalue weighted by Gasteiger charge is 2.15. The number of aromatic nitrogens is 2. The topological polar surface area (TPSA) is 90.1 Å². The summed E-state index contributed by atoms with van der Waals surface area (Å²) in [5.41, 5.74) is 0.361. The van der Waals surface area contributed by atoms with Crippen molar-refractivity contribution >= 4 is 11.6 Å². The first kappa shape index (κ1) is 16.1. The first-order valence-corrected chi connectivity index (χ1v) is 6.99. The summed E-state index contributed by atoms with van der Waals surface area (Å²) in [4.78, 5) is 21.8. The molecule has 1 aromatic rings. The quantitative estimate of drug-likeness (QED) is 0.427. The Hall–Kier alpha value is -1.92. The lowest BCUT2D eigenvalue weighted by molar-refractivity contribution is -0.385. The molecule has 0 aliphatic rings. The number of unbranched alkanes of at least 4 members (excludes halogenated alkanes) is 3. The summed E-state index contributed by atoms with van der Waals surface area (Å²) < 4.78 is 1.45. The molecule has 112 valence electrons. The third-order valence-electron chi connectivity index (χ3n) is 3.04. The smallest absolute Gasteiger partial charge is 0.309 e. The van der Waals surface area contributed by atoms with Gasteiger partial charge in [-0.05, 0) is 13.3 Å². The van der Waals surface area contributed by atoms with Crippen LogP contribution < -0.4 is 5.32 Å². The molecule has 1 rings (SSSR count). The van der Waals surface area contributed by atoms with Gasteiger partial charge >= 0.3 is 5.69 Å². The molecule has 0 aliphatic carbocycles. The van der Waals surface area contributed by atoms with Gasteiger partial charge < -0.3 is 5.32 Å². The molecule has 0 bridgehead atoms. The van der Waals surface area contributed by atoms with E-state index in [-0.39, 0.29) is 18.0 Å². The van der Waals surface area contributed by atoms with E-state index in [9.17, 15) is 14.9 Å². The van der Waals surface area contributed by atoms with Gasteiger partial charge in [-0.1, -0.05) is 26.2 Å². The molecule has 1 heterocycles. The number of aryl methyl sites for hydroxylation is 2. The lowest BCUT2D eigenvalue weighted by Crippen LogP contribution is -2.25. The predicted molar refractivity (Wildman–Crippen MR) is 75.4 cm³/mol. The molecule has 7 heteroatoms. The summed E-state index contributed by atoms with van der Waals surface area (Å²) in [6, 6.07) is 0. The molecule has 1 amide bonds. The van der Waals surface area contributed by atoms with E-state index in [1.165, 1.54) is 23.7 Å². The maximum atomic E-state index is 11.6. The molecule has 0 radical (unpaired) electrons. The van der Waals surface area contributed by atoms with Crippen molar-refractivity contribution in [1.82, 2.24) is 15.1 Å². The highest BCUT2D eigenvalue weighted by molar-refractivity contribution is 5.75. The number of carbonyl (C=O) groups excluding carboxylic acids is 1. The Balaban J connectivity index is 2.27. The van der Waals surface area contributed by atoms with E-state index in [0.717, 1.165) is 12.8 Å². The number of hydrogen-bond acceptors (Lipinski definition) is 4. The summed E-state index contributed by atoms with van der Waals surface area (Å²) in [6.45, 7) is 4.78. The molecule has 0 unspecified atom stereocenters. The molecule has 1 N–H and O–H groups in total. The zero-order valence-corrected chi connectivity index (χ0v) is 12.1. The molecule has 1 aromatic heterocycles.